The highest BCUT2D eigenvalue weighted by atomic mass is 16.5. The maximum atomic E-state index is 13.3. The fourth-order valence-corrected chi connectivity index (χ4v) is 3.88. The first-order valence-corrected chi connectivity index (χ1v) is 12.1. The van der Waals surface area contributed by atoms with Gasteiger partial charge in [0.05, 0.1) is 31.5 Å². The van der Waals surface area contributed by atoms with Gasteiger partial charge >= 0.3 is 5.97 Å². The van der Waals surface area contributed by atoms with Crippen molar-refractivity contribution in [1.82, 2.24) is 20.4 Å². The number of aliphatic carboxylic acids is 1. The second-order valence-electron chi connectivity index (χ2n) is 9.56. The van der Waals surface area contributed by atoms with E-state index in [1.807, 2.05) is 39.0 Å². The highest BCUT2D eigenvalue weighted by Crippen LogP contribution is 2.40. The highest BCUT2D eigenvalue weighted by Gasteiger charge is 2.26. The van der Waals surface area contributed by atoms with Crippen LogP contribution in [0.25, 0.3) is 11.3 Å². The average Bonchev–Trinajstić information content (AvgIpc) is 3.26. The molecule has 0 aliphatic carbocycles. The van der Waals surface area contributed by atoms with Crippen molar-refractivity contribution < 1.29 is 29.0 Å². The predicted molar refractivity (Wildman–Crippen MR) is 136 cm³/mol. The van der Waals surface area contributed by atoms with E-state index >= 15 is 0 Å². The van der Waals surface area contributed by atoms with Gasteiger partial charge in [0, 0.05) is 12.5 Å². The Morgan fingerprint density at radius 1 is 1.06 bits per heavy atom. The van der Waals surface area contributed by atoms with Gasteiger partial charge in [-0.2, -0.15) is 5.10 Å². The van der Waals surface area contributed by atoms with Crippen LogP contribution >= 0.6 is 0 Å². The van der Waals surface area contributed by atoms with Crippen LogP contribution in [0.1, 0.15) is 64.0 Å². The molecule has 0 saturated heterocycles. The average molecular weight is 503 g/mol. The Kier molecular flexibility index (Phi) is 10.3. The molecule has 36 heavy (non-hydrogen) atoms. The zero-order chi connectivity index (χ0) is 27.0. The van der Waals surface area contributed by atoms with Crippen molar-refractivity contribution in [2.24, 2.45) is 11.8 Å². The van der Waals surface area contributed by atoms with Crippen LogP contribution in [-0.2, 0) is 9.59 Å². The molecule has 0 aliphatic heterocycles. The first-order chi connectivity index (χ1) is 17.0. The molecule has 0 radical (unpaired) electrons. The minimum absolute atomic E-state index is 0.0342. The third-order valence-electron chi connectivity index (χ3n) is 5.96. The van der Waals surface area contributed by atoms with E-state index in [0.717, 1.165) is 0 Å². The number of aromatic nitrogens is 2. The molecule has 1 heterocycles. The molecule has 2 rings (SSSR count). The number of rotatable bonds is 13. The van der Waals surface area contributed by atoms with E-state index in [9.17, 15) is 14.4 Å². The van der Waals surface area contributed by atoms with E-state index in [0.29, 0.717) is 29.2 Å². The minimum atomic E-state index is -1.13. The van der Waals surface area contributed by atoms with Crippen molar-refractivity contribution in [3.8, 4) is 22.8 Å². The molecule has 0 aliphatic rings. The molecular weight excluding hydrogens is 464 g/mol. The molecule has 10 heteroatoms. The Morgan fingerprint density at radius 2 is 1.67 bits per heavy atom. The Bertz CT molecular complexity index is 1040. The Labute approximate surface area is 212 Å². The lowest BCUT2D eigenvalue weighted by atomic mass is 10.0. The van der Waals surface area contributed by atoms with Crippen molar-refractivity contribution >= 4 is 17.8 Å². The van der Waals surface area contributed by atoms with Crippen molar-refractivity contribution in [2.75, 3.05) is 20.8 Å². The van der Waals surface area contributed by atoms with Crippen LogP contribution in [0, 0.1) is 11.8 Å². The van der Waals surface area contributed by atoms with Gasteiger partial charge in [-0.3, -0.25) is 19.1 Å². The van der Waals surface area contributed by atoms with Gasteiger partial charge < -0.3 is 25.2 Å². The van der Waals surface area contributed by atoms with Crippen molar-refractivity contribution in [3.05, 3.63) is 30.0 Å². The van der Waals surface area contributed by atoms with E-state index in [-0.39, 0.29) is 30.0 Å². The van der Waals surface area contributed by atoms with E-state index in [2.05, 4.69) is 29.6 Å². The van der Waals surface area contributed by atoms with Gasteiger partial charge in [0.25, 0.3) is 5.91 Å². The normalized spacial score (nSPS) is 12.8. The first kappa shape index (κ1) is 28.7. The maximum Gasteiger partial charge on any atom is 0.322 e. The number of hydrogen-bond acceptors (Lipinski definition) is 6. The van der Waals surface area contributed by atoms with Gasteiger partial charge in [0.2, 0.25) is 5.91 Å². The minimum Gasteiger partial charge on any atom is -0.496 e. The van der Waals surface area contributed by atoms with Gasteiger partial charge in [-0.15, -0.1) is 0 Å². The van der Waals surface area contributed by atoms with E-state index < -0.39 is 30.4 Å². The second kappa shape index (κ2) is 12.9. The molecule has 2 unspecified atom stereocenters. The summed E-state index contributed by atoms with van der Waals surface area (Å²) in [5.41, 5.74) is 1.56. The number of carboxylic acid groups (broad SMARTS) is 1. The van der Waals surface area contributed by atoms with Gasteiger partial charge in [-0.1, -0.05) is 33.8 Å². The Balaban J connectivity index is 2.44. The molecule has 2 aromatic rings. The lowest BCUT2D eigenvalue weighted by molar-refractivity contribution is -0.138. The fourth-order valence-electron chi connectivity index (χ4n) is 3.88. The number of nitrogens with one attached hydrogen (secondary N) is 2. The summed E-state index contributed by atoms with van der Waals surface area (Å²) in [5, 5.41) is 18.7. The molecule has 198 valence electrons. The first-order valence-electron chi connectivity index (χ1n) is 12.1. The molecule has 0 fully saturated rings. The number of amides is 2. The van der Waals surface area contributed by atoms with Crippen molar-refractivity contribution in [2.45, 2.75) is 59.5 Å². The van der Waals surface area contributed by atoms with Crippen LogP contribution < -0.4 is 20.1 Å². The second-order valence-corrected chi connectivity index (χ2v) is 9.56. The van der Waals surface area contributed by atoms with E-state index in [1.54, 1.807) is 25.0 Å². The Hall–Kier alpha value is -3.56. The summed E-state index contributed by atoms with van der Waals surface area (Å²) in [4.78, 5) is 36.3. The molecule has 1 aromatic carbocycles. The number of hydrogen-bond donors (Lipinski definition) is 3. The van der Waals surface area contributed by atoms with Crippen molar-refractivity contribution in [3.63, 3.8) is 0 Å². The zero-order valence-electron chi connectivity index (χ0n) is 22.1. The molecule has 2 atom stereocenters. The molecular formula is C26H38N4O6. The van der Waals surface area contributed by atoms with Crippen molar-refractivity contribution in [1.29, 1.82) is 0 Å². The van der Waals surface area contributed by atoms with Crippen LogP contribution in [0.15, 0.2) is 24.3 Å². The topological polar surface area (TPSA) is 132 Å². The number of ether oxygens (including phenoxy) is 2. The van der Waals surface area contributed by atoms with E-state index in [1.165, 1.54) is 0 Å². The number of nitrogens with zero attached hydrogens (tertiary/aromatic N) is 2. The lowest BCUT2D eigenvalue weighted by Gasteiger charge is -2.21. The number of carboxylic acids is 1. The van der Waals surface area contributed by atoms with E-state index in [4.69, 9.17) is 14.6 Å². The van der Waals surface area contributed by atoms with Crippen LogP contribution in [0.3, 0.4) is 0 Å². The molecule has 10 nitrogen and oxygen atoms in total. The summed E-state index contributed by atoms with van der Waals surface area (Å²) in [6.45, 7) is 9.67. The van der Waals surface area contributed by atoms with Gasteiger partial charge in [0.1, 0.15) is 18.0 Å². The third-order valence-corrected chi connectivity index (χ3v) is 5.96. The molecule has 0 bridgehead atoms. The maximum absolute atomic E-state index is 13.3. The summed E-state index contributed by atoms with van der Waals surface area (Å²) in [5.74, 6) is -0.381. The summed E-state index contributed by atoms with van der Waals surface area (Å²) in [6.07, 6.45) is 0.510. The van der Waals surface area contributed by atoms with Crippen LogP contribution in [-0.4, -0.2) is 59.5 Å². The monoisotopic (exact) mass is 502 g/mol. The third kappa shape index (κ3) is 7.47. The molecule has 3 N–H and O–H groups in total. The largest absolute Gasteiger partial charge is 0.496 e. The van der Waals surface area contributed by atoms with Gasteiger partial charge in [-0.25, -0.2) is 0 Å². The SMILES string of the molecule is COc1cccc(OC)c1-c1cc(C(=O)NC(CC(=O)NCC(=O)O)CC(C)C)nn1C(C)C(C)C. The molecule has 0 saturated carbocycles. The molecule has 1 aromatic heterocycles. The summed E-state index contributed by atoms with van der Waals surface area (Å²) in [6, 6.07) is 6.65. The van der Waals surface area contributed by atoms with Crippen LogP contribution in [0.5, 0.6) is 11.5 Å². The lowest BCUT2D eigenvalue weighted by Crippen LogP contribution is -2.41. The highest BCUT2D eigenvalue weighted by molar-refractivity contribution is 5.94. The number of methoxy groups -OCH3 is 2. The summed E-state index contributed by atoms with van der Waals surface area (Å²) >= 11 is 0. The summed E-state index contributed by atoms with van der Waals surface area (Å²) in [7, 11) is 3.15. The smallest absolute Gasteiger partial charge is 0.322 e. The number of carbonyl (C=O) groups is 3. The van der Waals surface area contributed by atoms with Gasteiger partial charge in [-0.05, 0) is 43.4 Å². The fraction of sp³-hybridized carbons (Fsp3) is 0.538. The number of benzene rings is 1. The molecule has 0 spiro atoms. The van der Waals surface area contributed by atoms with Crippen LogP contribution in [0.2, 0.25) is 0 Å². The summed E-state index contributed by atoms with van der Waals surface area (Å²) < 4.78 is 13.0. The van der Waals surface area contributed by atoms with Crippen LogP contribution in [0.4, 0.5) is 0 Å². The Morgan fingerprint density at radius 3 is 2.17 bits per heavy atom. The quantitative estimate of drug-likeness (QED) is 0.382. The predicted octanol–water partition coefficient (Wildman–Crippen LogP) is 3.52. The van der Waals surface area contributed by atoms with Gasteiger partial charge in [0.15, 0.2) is 5.69 Å². The number of carbonyl (C=O) groups excluding carboxylic acids is 2. The zero-order valence-corrected chi connectivity index (χ0v) is 22.1. The molecule has 2 amide bonds. The standard InChI is InChI=1S/C26H38N4O6/c1-15(2)11-18(12-23(31)27-14-24(32)33)28-26(34)19-13-20(30(29-19)17(5)16(3)4)25-21(35-6)9-8-10-22(25)36-7/h8-10,13,15-18H,11-12,14H2,1-7H3,(H,27,31)(H,28,34)(H,32,33).